The van der Waals surface area contributed by atoms with Crippen LogP contribution in [-0.2, 0) is 0 Å². The van der Waals surface area contributed by atoms with Gasteiger partial charge in [-0.2, -0.15) is 5.10 Å². The van der Waals surface area contributed by atoms with Gasteiger partial charge < -0.3 is 4.42 Å². The Hall–Kier alpha value is -1.95. The summed E-state index contributed by atoms with van der Waals surface area (Å²) in [6.45, 7) is 0. The topological polar surface area (TPSA) is 58.9 Å². The molecular weight excluding hydrogens is 231 g/mol. The molecule has 4 nitrogen and oxygen atoms in total. The molecule has 0 fully saturated rings. The molecule has 2 heterocycles. The number of furan rings is 1. The predicted molar refractivity (Wildman–Crippen MR) is 57.9 cm³/mol. The van der Waals surface area contributed by atoms with E-state index in [-0.39, 0.29) is 10.7 Å². The van der Waals surface area contributed by atoms with Crippen LogP contribution in [0.2, 0.25) is 0 Å². The van der Waals surface area contributed by atoms with E-state index < -0.39 is 0 Å². The molecule has 3 rings (SSSR count). The van der Waals surface area contributed by atoms with Gasteiger partial charge in [0.15, 0.2) is 10.8 Å². The molecule has 0 saturated heterocycles. The molecule has 0 bridgehead atoms. The van der Waals surface area contributed by atoms with Gasteiger partial charge in [-0.15, -0.1) is 0 Å². The number of H-pyrrole nitrogens is 1. The summed E-state index contributed by atoms with van der Waals surface area (Å²) in [5.74, 6) is 0.138. The van der Waals surface area contributed by atoms with Crippen molar-refractivity contribution in [2.75, 3.05) is 0 Å². The molecule has 0 aliphatic heterocycles. The summed E-state index contributed by atoms with van der Waals surface area (Å²) in [7, 11) is 0. The Morgan fingerprint density at radius 2 is 2.25 bits per heavy atom. The average molecular weight is 236 g/mol. The Balaban J connectivity index is 2.22. The summed E-state index contributed by atoms with van der Waals surface area (Å²) < 4.78 is 18.4. The molecule has 3 aromatic rings. The van der Waals surface area contributed by atoms with E-state index in [1.807, 2.05) is 0 Å². The molecule has 1 N–H and O–H groups in total. The van der Waals surface area contributed by atoms with Crippen LogP contribution in [0, 0.1) is 5.82 Å². The SMILES string of the molecule is O=c1[nH]nc(-c2cc3cc(F)ccc3o2)s1. The van der Waals surface area contributed by atoms with E-state index in [9.17, 15) is 9.18 Å². The molecular formula is C10H5FN2O2S. The van der Waals surface area contributed by atoms with Crippen molar-refractivity contribution in [3.05, 3.63) is 39.8 Å². The molecule has 0 saturated carbocycles. The fraction of sp³-hybridized carbons (Fsp3) is 0. The standard InChI is InChI=1S/C10H5FN2O2S/c11-6-1-2-7-5(3-6)4-8(15-7)9-12-13-10(14)16-9/h1-4H,(H,13,14). The molecule has 0 atom stereocenters. The lowest BCUT2D eigenvalue weighted by atomic mass is 10.2. The van der Waals surface area contributed by atoms with Crippen LogP contribution in [0.25, 0.3) is 21.7 Å². The van der Waals surface area contributed by atoms with E-state index >= 15 is 0 Å². The fourth-order valence-electron chi connectivity index (χ4n) is 1.45. The first-order valence-electron chi connectivity index (χ1n) is 4.47. The summed E-state index contributed by atoms with van der Waals surface area (Å²) >= 11 is 0.951. The molecule has 0 amide bonds. The zero-order valence-corrected chi connectivity index (χ0v) is 8.68. The van der Waals surface area contributed by atoms with E-state index in [0.29, 0.717) is 21.7 Å². The van der Waals surface area contributed by atoms with Crippen molar-refractivity contribution in [3.63, 3.8) is 0 Å². The Labute approximate surface area is 92.3 Å². The van der Waals surface area contributed by atoms with Gasteiger partial charge in [0.2, 0.25) is 0 Å². The number of rotatable bonds is 1. The molecule has 1 aromatic carbocycles. The number of nitrogens with one attached hydrogen (secondary N) is 1. The quantitative estimate of drug-likeness (QED) is 0.705. The van der Waals surface area contributed by atoms with Crippen molar-refractivity contribution in [2.45, 2.75) is 0 Å². The number of fused-ring (bicyclic) bond motifs is 1. The molecule has 0 unspecified atom stereocenters. The number of hydrogen-bond donors (Lipinski definition) is 1. The maximum absolute atomic E-state index is 12.9. The highest BCUT2D eigenvalue weighted by Crippen LogP contribution is 2.27. The number of nitrogens with zero attached hydrogens (tertiary/aromatic N) is 1. The van der Waals surface area contributed by atoms with E-state index in [4.69, 9.17) is 4.42 Å². The minimum absolute atomic E-state index is 0.248. The fourth-order valence-corrected chi connectivity index (χ4v) is 2.01. The Morgan fingerprint density at radius 1 is 1.38 bits per heavy atom. The zero-order chi connectivity index (χ0) is 11.1. The van der Waals surface area contributed by atoms with Crippen LogP contribution in [-0.4, -0.2) is 10.2 Å². The molecule has 0 aliphatic rings. The second-order valence-electron chi connectivity index (χ2n) is 3.21. The highest BCUT2D eigenvalue weighted by molar-refractivity contribution is 7.12. The van der Waals surface area contributed by atoms with Gasteiger partial charge in [-0.1, -0.05) is 0 Å². The van der Waals surface area contributed by atoms with Crippen LogP contribution >= 0.6 is 11.3 Å². The molecule has 6 heteroatoms. The Morgan fingerprint density at radius 3 is 3.00 bits per heavy atom. The highest BCUT2D eigenvalue weighted by Gasteiger charge is 2.10. The van der Waals surface area contributed by atoms with E-state index in [2.05, 4.69) is 10.2 Å². The smallest absolute Gasteiger partial charge is 0.322 e. The van der Waals surface area contributed by atoms with Crippen molar-refractivity contribution in [1.82, 2.24) is 10.2 Å². The first-order chi connectivity index (χ1) is 7.72. The number of benzene rings is 1. The maximum Gasteiger partial charge on any atom is 0.322 e. The van der Waals surface area contributed by atoms with Gasteiger partial charge in [-0.25, -0.2) is 9.49 Å². The number of halogens is 1. The molecule has 2 aromatic heterocycles. The van der Waals surface area contributed by atoms with Gasteiger partial charge in [-0.05, 0) is 35.6 Å². The molecule has 80 valence electrons. The third-order valence-corrected chi connectivity index (χ3v) is 2.89. The maximum atomic E-state index is 12.9. The van der Waals surface area contributed by atoms with E-state index in [1.165, 1.54) is 12.1 Å². The van der Waals surface area contributed by atoms with Crippen LogP contribution in [0.15, 0.2) is 33.5 Å². The Bertz CT molecular complexity index is 713. The first-order valence-corrected chi connectivity index (χ1v) is 5.29. The third kappa shape index (κ3) is 1.43. The van der Waals surface area contributed by atoms with Crippen LogP contribution in [0.3, 0.4) is 0 Å². The van der Waals surface area contributed by atoms with Crippen molar-refractivity contribution >= 4 is 22.3 Å². The van der Waals surface area contributed by atoms with Crippen molar-refractivity contribution in [3.8, 4) is 10.8 Å². The largest absolute Gasteiger partial charge is 0.453 e. The highest BCUT2D eigenvalue weighted by atomic mass is 32.1. The van der Waals surface area contributed by atoms with E-state index in [1.54, 1.807) is 12.1 Å². The van der Waals surface area contributed by atoms with Gasteiger partial charge in [0.25, 0.3) is 0 Å². The molecule has 16 heavy (non-hydrogen) atoms. The summed E-state index contributed by atoms with van der Waals surface area (Å²) in [5.41, 5.74) is 0.569. The number of aromatic nitrogens is 2. The van der Waals surface area contributed by atoms with Crippen LogP contribution < -0.4 is 4.87 Å². The normalized spacial score (nSPS) is 11.1. The average Bonchev–Trinajstić information content (AvgIpc) is 2.83. The summed E-state index contributed by atoms with van der Waals surface area (Å²) in [6.07, 6.45) is 0. The van der Waals surface area contributed by atoms with Gasteiger partial charge in [-0.3, -0.25) is 4.79 Å². The van der Waals surface area contributed by atoms with Gasteiger partial charge in [0, 0.05) is 5.39 Å². The van der Waals surface area contributed by atoms with Gasteiger partial charge in [0.1, 0.15) is 11.4 Å². The van der Waals surface area contributed by atoms with Crippen LogP contribution in [0.4, 0.5) is 4.39 Å². The first kappa shape index (κ1) is 9.29. The minimum atomic E-state index is -0.324. The summed E-state index contributed by atoms with van der Waals surface area (Å²) in [5, 5.41) is 7.21. The molecule has 0 radical (unpaired) electrons. The lowest BCUT2D eigenvalue weighted by molar-refractivity contribution is 0.618. The molecule has 0 aliphatic carbocycles. The lowest BCUT2D eigenvalue weighted by Gasteiger charge is -1.86. The van der Waals surface area contributed by atoms with Gasteiger partial charge in [0.05, 0.1) is 0 Å². The molecule has 0 spiro atoms. The van der Waals surface area contributed by atoms with Crippen molar-refractivity contribution in [2.24, 2.45) is 0 Å². The van der Waals surface area contributed by atoms with E-state index in [0.717, 1.165) is 11.3 Å². The summed E-state index contributed by atoms with van der Waals surface area (Å²) in [6, 6.07) is 5.90. The Kier molecular flexibility index (Phi) is 1.90. The van der Waals surface area contributed by atoms with Crippen LogP contribution in [0.1, 0.15) is 0 Å². The van der Waals surface area contributed by atoms with Crippen LogP contribution in [0.5, 0.6) is 0 Å². The van der Waals surface area contributed by atoms with Crippen molar-refractivity contribution < 1.29 is 8.81 Å². The number of aromatic amines is 1. The number of hydrogen-bond acceptors (Lipinski definition) is 4. The second-order valence-corrected chi connectivity index (χ2v) is 4.17. The second kappa shape index (κ2) is 3.28. The zero-order valence-electron chi connectivity index (χ0n) is 7.86. The predicted octanol–water partition coefficient (Wildman–Crippen LogP) is 2.38. The van der Waals surface area contributed by atoms with Gasteiger partial charge >= 0.3 is 4.87 Å². The minimum Gasteiger partial charge on any atom is -0.453 e. The monoisotopic (exact) mass is 236 g/mol. The lowest BCUT2D eigenvalue weighted by Crippen LogP contribution is -1.90. The summed E-state index contributed by atoms with van der Waals surface area (Å²) in [4.78, 5) is 10.7. The third-order valence-electron chi connectivity index (χ3n) is 2.13. The van der Waals surface area contributed by atoms with Crippen molar-refractivity contribution in [1.29, 1.82) is 0 Å².